The van der Waals surface area contributed by atoms with Gasteiger partial charge >= 0.3 is 0 Å². The lowest BCUT2D eigenvalue weighted by Gasteiger charge is -2.27. The van der Waals surface area contributed by atoms with Gasteiger partial charge in [0.05, 0.1) is 5.57 Å². The number of para-hydroxylation sites is 1. The molecule has 0 fully saturated rings. The summed E-state index contributed by atoms with van der Waals surface area (Å²) in [5, 5.41) is 7.19. The summed E-state index contributed by atoms with van der Waals surface area (Å²) in [6.07, 6.45) is 0. The summed E-state index contributed by atoms with van der Waals surface area (Å²) in [4.78, 5) is 20.4. The number of thioether (sulfide) groups is 1. The van der Waals surface area contributed by atoms with E-state index < -0.39 is 6.04 Å². The van der Waals surface area contributed by atoms with Gasteiger partial charge in [-0.25, -0.2) is 4.99 Å². The molecular formula is C27H27BrN4OS. The van der Waals surface area contributed by atoms with Crippen molar-refractivity contribution in [2.45, 2.75) is 18.7 Å². The molecule has 1 atom stereocenters. The SMILES string of the molecule is CC1=C(C(=O)Nc2ccccc2)[C@H](c2ccc(N(C)C)cc2)N=C(SCc2ccc(Br)cc2)N1. The first-order valence-electron chi connectivity index (χ1n) is 11.0. The van der Waals surface area contributed by atoms with Crippen molar-refractivity contribution >= 4 is 50.1 Å². The number of benzene rings is 3. The van der Waals surface area contributed by atoms with E-state index in [0.717, 1.165) is 38.0 Å². The number of carbonyl (C=O) groups is 1. The molecule has 1 aliphatic rings. The highest BCUT2D eigenvalue weighted by atomic mass is 79.9. The third-order valence-electron chi connectivity index (χ3n) is 5.51. The Morgan fingerprint density at radius 3 is 2.35 bits per heavy atom. The number of amides is 1. The Morgan fingerprint density at radius 2 is 1.71 bits per heavy atom. The minimum absolute atomic E-state index is 0.154. The Balaban J connectivity index is 1.62. The monoisotopic (exact) mass is 534 g/mol. The fraction of sp³-hybridized carbons (Fsp3) is 0.185. The van der Waals surface area contributed by atoms with Crippen LogP contribution in [0.3, 0.4) is 0 Å². The van der Waals surface area contributed by atoms with Crippen molar-refractivity contribution < 1.29 is 4.79 Å². The highest BCUT2D eigenvalue weighted by molar-refractivity contribution is 9.10. The predicted octanol–water partition coefficient (Wildman–Crippen LogP) is 6.36. The summed E-state index contributed by atoms with van der Waals surface area (Å²) >= 11 is 5.12. The van der Waals surface area contributed by atoms with E-state index in [1.54, 1.807) is 11.8 Å². The van der Waals surface area contributed by atoms with E-state index in [-0.39, 0.29) is 5.91 Å². The van der Waals surface area contributed by atoms with E-state index in [1.165, 1.54) is 5.56 Å². The molecule has 1 aliphatic heterocycles. The van der Waals surface area contributed by atoms with Crippen molar-refractivity contribution in [3.63, 3.8) is 0 Å². The lowest BCUT2D eigenvalue weighted by Crippen LogP contribution is -2.32. The smallest absolute Gasteiger partial charge is 0.255 e. The van der Waals surface area contributed by atoms with Crippen molar-refractivity contribution in [1.82, 2.24) is 5.32 Å². The van der Waals surface area contributed by atoms with Crippen LogP contribution >= 0.6 is 27.7 Å². The van der Waals surface area contributed by atoms with Gasteiger partial charge in [0.1, 0.15) is 6.04 Å². The fourth-order valence-corrected chi connectivity index (χ4v) is 4.83. The second-order valence-electron chi connectivity index (χ2n) is 8.22. The molecule has 34 heavy (non-hydrogen) atoms. The third kappa shape index (κ3) is 5.90. The molecule has 3 aromatic carbocycles. The molecule has 3 aromatic rings. The molecule has 0 saturated carbocycles. The van der Waals surface area contributed by atoms with Crippen molar-refractivity contribution in [2.75, 3.05) is 24.3 Å². The Bertz CT molecular complexity index is 1210. The molecule has 0 spiro atoms. The Labute approximate surface area is 213 Å². The molecule has 174 valence electrons. The molecule has 1 heterocycles. The van der Waals surface area contributed by atoms with Crippen LogP contribution in [-0.2, 0) is 10.5 Å². The zero-order chi connectivity index (χ0) is 24.1. The number of anilines is 2. The van der Waals surface area contributed by atoms with Crippen molar-refractivity contribution in [3.8, 4) is 0 Å². The molecule has 4 rings (SSSR count). The van der Waals surface area contributed by atoms with Gasteiger partial charge in [-0.15, -0.1) is 0 Å². The highest BCUT2D eigenvalue weighted by Gasteiger charge is 2.29. The van der Waals surface area contributed by atoms with Crippen LogP contribution in [-0.4, -0.2) is 25.2 Å². The van der Waals surface area contributed by atoms with Crippen LogP contribution in [0.15, 0.2) is 99.6 Å². The summed E-state index contributed by atoms with van der Waals surface area (Å²) in [5.74, 6) is 0.628. The summed E-state index contributed by atoms with van der Waals surface area (Å²) < 4.78 is 1.06. The van der Waals surface area contributed by atoms with Crippen molar-refractivity contribution in [3.05, 3.63) is 106 Å². The van der Waals surface area contributed by atoms with Crippen LogP contribution in [0, 0.1) is 0 Å². The van der Waals surface area contributed by atoms with Crippen molar-refractivity contribution in [1.29, 1.82) is 0 Å². The lowest BCUT2D eigenvalue weighted by atomic mass is 9.95. The molecule has 0 bridgehead atoms. The number of halogens is 1. The van der Waals surface area contributed by atoms with E-state index in [1.807, 2.05) is 63.5 Å². The summed E-state index contributed by atoms with van der Waals surface area (Å²) in [6.45, 7) is 1.94. The third-order valence-corrected chi connectivity index (χ3v) is 7.00. The topological polar surface area (TPSA) is 56.7 Å². The second-order valence-corrected chi connectivity index (χ2v) is 10.1. The van der Waals surface area contributed by atoms with Crippen LogP contribution in [0.4, 0.5) is 11.4 Å². The Hall–Kier alpha value is -3.03. The van der Waals surface area contributed by atoms with Crippen LogP contribution in [0.2, 0.25) is 0 Å². The van der Waals surface area contributed by atoms with E-state index >= 15 is 0 Å². The first-order chi connectivity index (χ1) is 16.4. The van der Waals surface area contributed by atoms with E-state index in [4.69, 9.17) is 4.99 Å². The number of nitrogens with one attached hydrogen (secondary N) is 2. The molecule has 0 aliphatic carbocycles. The minimum Gasteiger partial charge on any atom is -0.378 e. The van der Waals surface area contributed by atoms with Gasteiger partial charge in [-0.3, -0.25) is 4.79 Å². The van der Waals surface area contributed by atoms with Gasteiger partial charge in [0.25, 0.3) is 5.91 Å². The van der Waals surface area contributed by atoms with Gasteiger partial charge in [-0.2, -0.15) is 0 Å². The average Bonchev–Trinajstić information content (AvgIpc) is 2.84. The van der Waals surface area contributed by atoms with Gasteiger partial charge in [0, 0.05) is 41.4 Å². The fourth-order valence-electron chi connectivity index (χ4n) is 3.66. The number of hydrogen-bond acceptors (Lipinski definition) is 5. The van der Waals surface area contributed by atoms with E-state index in [0.29, 0.717) is 5.57 Å². The van der Waals surface area contributed by atoms with Gasteiger partial charge in [-0.05, 0) is 54.4 Å². The van der Waals surface area contributed by atoms with Crippen LogP contribution in [0.1, 0.15) is 24.1 Å². The van der Waals surface area contributed by atoms with Crippen LogP contribution in [0.25, 0.3) is 0 Å². The second kappa shape index (κ2) is 10.9. The number of rotatable bonds is 6. The summed E-state index contributed by atoms with van der Waals surface area (Å²) in [7, 11) is 4.02. The molecular weight excluding hydrogens is 508 g/mol. The van der Waals surface area contributed by atoms with E-state index in [2.05, 4.69) is 67.9 Å². The molecule has 2 N–H and O–H groups in total. The maximum atomic E-state index is 13.4. The van der Waals surface area contributed by atoms with Crippen molar-refractivity contribution in [2.24, 2.45) is 4.99 Å². The first-order valence-corrected chi connectivity index (χ1v) is 12.7. The predicted molar refractivity (Wildman–Crippen MR) is 147 cm³/mol. The number of aliphatic imine (C=N–C) groups is 1. The van der Waals surface area contributed by atoms with Gasteiger partial charge in [0.2, 0.25) is 0 Å². The molecule has 0 unspecified atom stereocenters. The normalized spacial score (nSPS) is 15.4. The summed E-state index contributed by atoms with van der Waals surface area (Å²) in [5.41, 5.74) is 5.47. The Kier molecular flexibility index (Phi) is 7.75. The maximum absolute atomic E-state index is 13.4. The number of amidine groups is 1. The van der Waals surface area contributed by atoms with Crippen LogP contribution < -0.4 is 15.5 Å². The molecule has 0 aromatic heterocycles. The lowest BCUT2D eigenvalue weighted by molar-refractivity contribution is -0.113. The van der Waals surface area contributed by atoms with E-state index in [9.17, 15) is 4.79 Å². The number of carbonyl (C=O) groups excluding carboxylic acids is 1. The first kappa shape index (κ1) is 24.1. The molecule has 1 amide bonds. The zero-order valence-corrected chi connectivity index (χ0v) is 21.8. The number of allylic oxidation sites excluding steroid dienone is 1. The maximum Gasteiger partial charge on any atom is 0.255 e. The molecule has 0 saturated heterocycles. The zero-order valence-electron chi connectivity index (χ0n) is 19.4. The molecule has 7 heteroatoms. The molecule has 0 radical (unpaired) electrons. The molecule has 5 nitrogen and oxygen atoms in total. The largest absolute Gasteiger partial charge is 0.378 e. The minimum atomic E-state index is -0.395. The van der Waals surface area contributed by atoms with Crippen LogP contribution in [0.5, 0.6) is 0 Å². The van der Waals surface area contributed by atoms with Gasteiger partial charge < -0.3 is 15.5 Å². The Morgan fingerprint density at radius 1 is 1.03 bits per heavy atom. The van der Waals surface area contributed by atoms with Gasteiger partial charge in [-0.1, -0.05) is 70.2 Å². The highest BCUT2D eigenvalue weighted by Crippen LogP contribution is 2.34. The number of hydrogen-bond donors (Lipinski definition) is 2. The summed E-state index contributed by atoms with van der Waals surface area (Å²) in [6, 6.07) is 25.6. The number of nitrogens with zero attached hydrogens (tertiary/aromatic N) is 2. The standard InChI is InChI=1S/C27H27BrN4OS/c1-18-24(26(33)30-22-7-5-4-6-8-22)25(20-11-15-23(16-12-20)32(2)3)31-27(29-18)34-17-19-9-13-21(28)14-10-19/h4-16,25H,17H2,1-3H3,(H,29,31)(H,30,33)/t25-/m0/s1. The van der Waals surface area contributed by atoms with Gasteiger partial charge in [0.15, 0.2) is 5.17 Å². The quantitative estimate of drug-likeness (QED) is 0.386. The average molecular weight is 536 g/mol.